The maximum absolute atomic E-state index is 12.0. The highest BCUT2D eigenvalue weighted by Crippen LogP contribution is 2.18. The first kappa shape index (κ1) is 18.7. The first-order chi connectivity index (χ1) is 13.1. The second kappa shape index (κ2) is 9.04. The van der Waals surface area contributed by atoms with Gasteiger partial charge in [0.15, 0.2) is 5.82 Å². The lowest BCUT2D eigenvalue weighted by Gasteiger charge is -2.10. The summed E-state index contributed by atoms with van der Waals surface area (Å²) in [6, 6.07) is 11.2. The quantitative estimate of drug-likeness (QED) is 0.429. The van der Waals surface area contributed by atoms with Gasteiger partial charge in [0.05, 0.1) is 5.69 Å². The SMILES string of the molecule is CSc1cccc(NC(=O)NCCNc2cc(-n3ccc(C)n3)ncn2)c1. The maximum Gasteiger partial charge on any atom is 0.319 e. The number of carbonyl (C=O) groups excluding carboxylic acids is 1. The maximum atomic E-state index is 12.0. The van der Waals surface area contributed by atoms with E-state index in [1.165, 1.54) is 6.33 Å². The van der Waals surface area contributed by atoms with Crippen LogP contribution in [0, 0.1) is 6.92 Å². The molecule has 0 spiro atoms. The van der Waals surface area contributed by atoms with Crippen LogP contribution >= 0.6 is 11.8 Å². The average molecular weight is 383 g/mol. The topological polar surface area (TPSA) is 96.8 Å². The van der Waals surface area contributed by atoms with Crippen LogP contribution in [0.1, 0.15) is 5.69 Å². The number of amides is 2. The Morgan fingerprint density at radius 1 is 1.19 bits per heavy atom. The molecule has 27 heavy (non-hydrogen) atoms. The first-order valence-corrected chi connectivity index (χ1v) is 9.64. The number of nitrogens with one attached hydrogen (secondary N) is 3. The number of aryl methyl sites for hydroxylation is 1. The number of nitrogens with zero attached hydrogens (tertiary/aromatic N) is 4. The van der Waals surface area contributed by atoms with Gasteiger partial charge >= 0.3 is 6.03 Å². The van der Waals surface area contributed by atoms with Crippen LogP contribution in [-0.2, 0) is 0 Å². The summed E-state index contributed by atoms with van der Waals surface area (Å²) in [4.78, 5) is 21.5. The molecule has 2 aromatic heterocycles. The molecule has 0 aliphatic heterocycles. The Morgan fingerprint density at radius 2 is 2.07 bits per heavy atom. The highest BCUT2D eigenvalue weighted by atomic mass is 32.2. The van der Waals surface area contributed by atoms with E-state index in [4.69, 9.17) is 0 Å². The van der Waals surface area contributed by atoms with E-state index in [9.17, 15) is 4.79 Å². The van der Waals surface area contributed by atoms with Crippen molar-refractivity contribution in [3.05, 3.63) is 54.6 Å². The molecule has 3 rings (SSSR count). The number of benzene rings is 1. The van der Waals surface area contributed by atoms with Crippen LogP contribution in [0.25, 0.3) is 5.82 Å². The summed E-state index contributed by atoms with van der Waals surface area (Å²) in [6.45, 7) is 2.91. The summed E-state index contributed by atoms with van der Waals surface area (Å²) in [7, 11) is 0. The van der Waals surface area contributed by atoms with Gasteiger partial charge in [-0.15, -0.1) is 11.8 Å². The van der Waals surface area contributed by atoms with E-state index in [-0.39, 0.29) is 6.03 Å². The van der Waals surface area contributed by atoms with Crippen molar-refractivity contribution < 1.29 is 4.79 Å². The number of hydrogen-bond donors (Lipinski definition) is 3. The molecule has 8 nitrogen and oxygen atoms in total. The standard InChI is InChI=1S/C18H21N7OS/c1-13-6-9-25(24-13)17-11-16(21-12-22-17)19-7-8-20-18(26)23-14-4-3-5-15(10-14)27-2/h3-6,9-12H,7-8H2,1-2H3,(H,19,21,22)(H2,20,23,26). The highest BCUT2D eigenvalue weighted by molar-refractivity contribution is 7.98. The number of urea groups is 1. The van der Waals surface area contributed by atoms with Crippen LogP contribution in [-0.4, -0.2) is 45.1 Å². The first-order valence-electron chi connectivity index (χ1n) is 8.41. The Bertz CT molecular complexity index is 912. The number of rotatable bonds is 7. The zero-order valence-electron chi connectivity index (χ0n) is 15.1. The van der Waals surface area contributed by atoms with Gasteiger partial charge in [0, 0.05) is 35.9 Å². The van der Waals surface area contributed by atoms with E-state index in [0.29, 0.717) is 24.7 Å². The summed E-state index contributed by atoms with van der Waals surface area (Å²) >= 11 is 1.63. The van der Waals surface area contributed by atoms with Gasteiger partial charge in [0.25, 0.3) is 0 Å². The number of hydrogen-bond acceptors (Lipinski definition) is 6. The second-order valence-electron chi connectivity index (χ2n) is 5.70. The molecule has 3 aromatic rings. The summed E-state index contributed by atoms with van der Waals surface area (Å²) in [5, 5.41) is 13.1. The Balaban J connectivity index is 1.45. The predicted molar refractivity (Wildman–Crippen MR) is 108 cm³/mol. The van der Waals surface area contributed by atoms with Crippen LogP contribution in [0.3, 0.4) is 0 Å². The van der Waals surface area contributed by atoms with Crippen molar-refractivity contribution in [3.63, 3.8) is 0 Å². The third-order valence-electron chi connectivity index (χ3n) is 3.65. The van der Waals surface area contributed by atoms with E-state index < -0.39 is 0 Å². The molecule has 0 aliphatic carbocycles. The van der Waals surface area contributed by atoms with Gasteiger partial charge in [0.1, 0.15) is 12.1 Å². The molecule has 0 atom stereocenters. The Kier molecular flexibility index (Phi) is 6.26. The van der Waals surface area contributed by atoms with Crippen molar-refractivity contribution >= 4 is 29.3 Å². The van der Waals surface area contributed by atoms with Crippen LogP contribution < -0.4 is 16.0 Å². The van der Waals surface area contributed by atoms with E-state index in [1.807, 2.05) is 49.7 Å². The van der Waals surface area contributed by atoms with E-state index >= 15 is 0 Å². The fourth-order valence-corrected chi connectivity index (χ4v) is 2.81. The number of carbonyl (C=O) groups is 1. The lowest BCUT2D eigenvalue weighted by molar-refractivity contribution is 0.252. The van der Waals surface area contributed by atoms with Crippen molar-refractivity contribution in [3.8, 4) is 5.82 Å². The molecule has 0 unspecified atom stereocenters. The minimum Gasteiger partial charge on any atom is -0.368 e. The Hall–Kier alpha value is -3.07. The molecular weight excluding hydrogens is 362 g/mol. The van der Waals surface area contributed by atoms with E-state index in [1.54, 1.807) is 22.5 Å². The molecule has 1 aromatic carbocycles. The number of aromatic nitrogens is 4. The molecule has 0 saturated heterocycles. The van der Waals surface area contributed by atoms with E-state index in [2.05, 4.69) is 31.0 Å². The van der Waals surface area contributed by atoms with Crippen LogP contribution in [0.5, 0.6) is 0 Å². The molecule has 140 valence electrons. The molecule has 0 bridgehead atoms. The van der Waals surface area contributed by atoms with Gasteiger partial charge in [-0.3, -0.25) is 0 Å². The van der Waals surface area contributed by atoms with Gasteiger partial charge in [-0.25, -0.2) is 19.4 Å². The van der Waals surface area contributed by atoms with E-state index in [0.717, 1.165) is 16.3 Å². The molecule has 0 radical (unpaired) electrons. The molecule has 0 aliphatic rings. The zero-order chi connectivity index (χ0) is 19.1. The average Bonchev–Trinajstić information content (AvgIpc) is 3.12. The number of thioether (sulfide) groups is 1. The second-order valence-corrected chi connectivity index (χ2v) is 6.58. The fraction of sp³-hybridized carbons (Fsp3) is 0.222. The fourth-order valence-electron chi connectivity index (χ4n) is 2.35. The molecule has 9 heteroatoms. The minimum absolute atomic E-state index is 0.245. The lowest BCUT2D eigenvalue weighted by Crippen LogP contribution is -2.32. The molecule has 0 fully saturated rings. The van der Waals surface area contributed by atoms with Crippen molar-refractivity contribution in [1.29, 1.82) is 0 Å². The summed E-state index contributed by atoms with van der Waals surface area (Å²) in [5.41, 5.74) is 1.68. The van der Waals surface area contributed by atoms with Crippen molar-refractivity contribution in [2.24, 2.45) is 0 Å². The molecule has 3 N–H and O–H groups in total. The largest absolute Gasteiger partial charge is 0.368 e. The summed E-state index contributed by atoms with van der Waals surface area (Å²) in [5.74, 6) is 1.35. The van der Waals surface area contributed by atoms with Crippen molar-refractivity contribution in [2.45, 2.75) is 11.8 Å². The van der Waals surface area contributed by atoms with Crippen LogP contribution in [0.15, 0.2) is 53.8 Å². The smallest absolute Gasteiger partial charge is 0.319 e. The predicted octanol–water partition coefficient (Wildman–Crippen LogP) is 2.93. The molecule has 0 saturated carbocycles. The zero-order valence-corrected chi connectivity index (χ0v) is 16.0. The normalized spacial score (nSPS) is 10.4. The highest BCUT2D eigenvalue weighted by Gasteiger charge is 2.04. The van der Waals surface area contributed by atoms with Gasteiger partial charge < -0.3 is 16.0 Å². The van der Waals surface area contributed by atoms with Gasteiger partial charge in [-0.1, -0.05) is 6.07 Å². The molecular formula is C18H21N7OS. The Labute approximate surface area is 161 Å². The van der Waals surface area contributed by atoms with Crippen molar-refractivity contribution in [1.82, 2.24) is 25.1 Å². The molecule has 2 amide bonds. The minimum atomic E-state index is -0.245. The van der Waals surface area contributed by atoms with Crippen LogP contribution in [0.4, 0.5) is 16.3 Å². The molecule has 2 heterocycles. The Morgan fingerprint density at radius 3 is 2.85 bits per heavy atom. The van der Waals surface area contributed by atoms with Crippen LogP contribution in [0.2, 0.25) is 0 Å². The van der Waals surface area contributed by atoms with Gasteiger partial charge in [-0.05, 0) is 37.4 Å². The van der Waals surface area contributed by atoms with Crippen molar-refractivity contribution in [2.75, 3.05) is 30.0 Å². The summed E-state index contributed by atoms with van der Waals surface area (Å²) in [6.07, 6.45) is 5.32. The summed E-state index contributed by atoms with van der Waals surface area (Å²) < 4.78 is 1.69. The van der Waals surface area contributed by atoms with Gasteiger partial charge in [0.2, 0.25) is 0 Å². The number of anilines is 2. The lowest BCUT2D eigenvalue weighted by atomic mass is 10.3. The monoisotopic (exact) mass is 383 g/mol. The third kappa shape index (κ3) is 5.45. The third-order valence-corrected chi connectivity index (χ3v) is 4.38. The van der Waals surface area contributed by atoms with Gasteiger partial charge in [-0.2, -0.15) is 5.10 Å².